The molecule has 3 N–H and O–H groups in total. The van der Waals surface area contributed by atoms with Crippen molar-refractivity contribution in [1.29, 1.82) is 0 Å². The van der Waals surface area contributed by atoms with Crippen LogP contribution >= 0.6 is 12.2 Å². The van der Waals surface area contributed by atoms with Gasteiger partial charge in [-0.2, -0.15) is 5.10 Å². The van der Waals surface area contributed by atoms with Gasteiger partial charge in [0.25, 0.3) is 0 Å². The molecule has 142 valence electrons. The molecule has 0 aliphatic heterocycles. The summed E-state index contributed by atoms with van der Waals surface area (Å²) < 4.78 is 23.1. The summed E-state index contributed by atoms with van der Waals surface area (Å²) in [6, 6.07) is 9.11. The molecule has 0 amide bonds. The Labute approximate surface area is 160 Å². The van der Waals surface area contributed by atoms with Crippen LogP contribution in [0.1, 0.15) is 21.5 Å². The summed E-state index contributed by atoms with van der Waals surface area (Å²) in [7, 11) is 2.78. The Hall–Kier alpha value is -3.20. The number of nitrogens with zero attached hydrogens (tertiary/aromatic N) is 1. The summed E-state index contributed by atoms with van der Waals surface area (Å²) in [6.45, 7) is 0.387. The fraction of sp³-hybridized carbons (Fsp3) is 0.167. The molecule has 2 aromatic rings. The molecule has 2 aromatic carbocycles. The van der Waals surface area contributed by atoms with E-state index < -0.39 is 5.97 Å². The first-order valence-corrected chi connectivity index (χ1v) is 8.16. The third-order valence-corrected chi connectivity index (χ3v) is 3.76. The van der Waals surface area contributed by atoms with Crippen LogP contribution in [0.5, 0.6) is 11.5 Å². The number of thiocarbonyl (C=S) groups is 1. The molecule has 0 fully saturated rings. The Kier molecular flexibility index (Phi) is 7.07. The molecular formula is C18H18FN3O4S. The maximum Gasteiger partial charge on any atom is 0.340 e. The largest absolute Gasteiger partial charge is 0.493 e. The number of nitrogens with one attached hydrogen (secondary N) is 2. The third kappa shape index (κ3) is 5.38. The number of hydrazone groups is 1. The van der Waals surface area contributed by atoms with Gasteiger partial charge in [0.15, 0.2) is 16.6 Å². The molecule has 0 bridgehead atoms. The monoisotopic (exact) mass is 391 g/mol. The van der Waals surface area contributed by atoms with E-state index in [1.165, 1.54) is 32.6 Å². The molecule has 0 unspecified atom stereocenters. The molecule has 0 heterocycles. The van der Waals surface area contributed by atoms with E-state index in [2.05, 4.69) is 15.8 Å². The standard InChI is InChI=1S/C18H18FN3O4S/c1-25-14-8-5-12(15(17(23)24)16(14)26-2)10-21-22-18(27)20-9-11-3-6-13(19)7-4-11/h3-8,10H,9H2,1-2H3,(H,23,24)(H2,20,22,27)/b21-10-. The van der Waals surface area contributed by atoms with Gasteiger partial charge in [-0.3, -0.25) is 5.43 Å². The van der Waals surface area contributed by atoms with Gasteiger partial charge in [-0.15, -0.1) is 0 Å². The molecule has 9 heteroatoms. The third-order valence-electron chi connectivity index (χ3n) is 3.53. The summed E-state index contributed by atoms with van der Waals surface area (Å²) >= 11 is 5.10. The molecule has 0 aliphatic carbocycles. The highest BCUT2D eigenvalue weighted by Gasteiger charge is 2.19. The van der Waals surface area contributed by atoms with Crippen molar-refractivity contribution in [2.45, 2.75) is 6.54 Å². The number of aromatic carboxylic acids is 1. The fourth-order valence-electron chi connectivity index (χ4n) is 2.25. The highest BCUT2D eigenvalue weighted by Crippen LogP contribution is 2.32. The summed E-state index contributed by atoms with van der Waals surface area (Å²) in [5, 5.41) is 16.5. The van der Waals surface area contributed by atoms with E-state index in [1.807, 2.05) is 0 Å². The van der Waals surface area contributed by atoms with Crippen LogP contribution in [0.2, 0.25) is 0 Å². The van der Waals surface area contributed by atoms with Gasteiger partial charge in [-0.1, -0.05) is 12.1 Å². The molecule has 0 saturated heterocycles. The van der Waals surface area contributed by atoms with Crippen LogP contribution in [0.3, 0.4) is 0 Å². The number of ether oxygens (including phenoxy) is 2. The van der Waals surface area contributed by atoms with E-state index >= 15 is 0 Å². The smallest absolute Gasteiger partial charge is 0.340 e. The summed E-state index contributed by atoms with van der Waals surface area (Å²) in [5.41, 5.74) is 3.68. The van der Waals surface area contributed by atoms with Crippen molar-refractivity contribution in [3.8, 4) is 11.5 Å². The first kappa shape index (κ1) is 20.1. The Morgan fingerprint density at radius 2 is 1.93 bits per heavy atom. The lowest BCUT2D eigenvalue weighted by atomic mass is 10.1. The van der Waals surface area contributed by atoms with Crippen LogP contribution in [0.25, 0.3) is 0 Å². The minimum atomic E-state index is -1.18. The lowest BCUT2D eigenvalue weighted by molar-refractivity contribution is 0.0692. The predicted molar refractivity (Wildman–Crippen MR) is 103 cm³/mol. The van der Waals surface area contributed by atoms with Crippen molar-refractivity contribution in [1.82, 2.24) is 10.7 Å². The second-order valence-electron chi connectivity index (χ2n) is 5.25. The number of methoxy groups -OCH3 is 2. The van der Waals surface area contributed by atoms with Gasteiger partial charge >= 0.3 is 5.97 Å². The number of carbonyl (C=O) groups is 1. The molecule has 2 rings (SSSR count). The van der Waals surface area contributed by atoms with Gasteiger partial charge < -0.3 is 19.9 Å². The average molecular weight is 391 g/mol. The van der Waals surface area contributed by atoms with E-state index in [1.54, 1.807) is 24.3 Å². The molecule has 27 heavy (non-hydrogen) atoms. The van der Waals surface area contributed by atoms with E-state index in [0.717, 1.165) is 5.56 Å². The van der Waals surface area contributed by atoms with Crippen molar-refractivity contribution >= 4 is 29.5 Å². The minimum Gasteiger partial charge on any atom is -0.493 e. The van der Waals surface area contributed by atoms with Gasteiger partial charge in [0.2, 0.25) is 0 Å². The molecule has 0 saturated carbocycles. The number of carboxylic acids is 1. The first-order chi connectivity index (χ1) is 13.0. The maximum atomic E-state index is 12.9. The van der Waals surface area contributed by atoms with Gasteiger partial charge in [0.05, 0.1) is 20.4 Å². The van der Waals surface area contributed by atoms with E-state index in [9.17, 15) is 14.3 Å². The average Bonchev–Trinajstić information content (AvgIpc) is 2.66. The highest BCUT2D eigenvalue weighted by molar-refractivity contribution is 7.80. The topological polar surface area (TPSA) is 92.2 Å². The van der Waals surface area contributed by atoms with Crippen molar-refractivity contribution in [3.63, 3.8) is 0 Å². The highest BCUT2D eigenvalue weighted by atomic mass is 32.1. The van der Waals surface area contributed by atoms with Crippen molar-refractivity contribution in [3.05, 3.63) is 58.9 Å². The van der Waals surface area contributed by atoms with E-state index in [4.69, 9.17) is 21.7 Å². The van der Waals surface area contributed by atoms with Crippen LogP contribution < -0.4 is 20.2 Å². The maximum absolute atomic E-state index is 12.9. The summed E-state index contributed by atoms with van der Waals surface area (Å²) in [5.74, 6) is -1.08. The molecule has 0 radical (unpaired) electrons. The number of hydrogen-bond acceptors (Lipinski definition) is 5. The van der Waals surface area contributed by atoms with Gasteiger partial charge in [0.1, 0.15) is 11.4 Å². The van der Waals surface area contributed by atoms with E-state index in [0.29, 0.717) is 17.9 Å². The Morgan fingerprint density at radius 3 is 2.52 bits per heavy atom. The second kappa shape index (κ2) is 9.48. The minimum absolute atomic E-state index is 0.0763. The van der Waals surface area contributed by atoms with Crippen LogP contribution in [-0.2, 0) is 6.54 Å². The quantitative estimate of drug-likeness (QED) is 0.379. The number of hydrogen-bond donors (Lipinski definition) is 3. The van der Waals surface area contributed by atoms with Crippen molar-refractivity contribution < 1.29 is 23.8 Å². The number of halogens is 1. The lowest BCUT2D eigenvalue weighted by Gasteiger charge is -2.12. The first-order valence-electron chi connectivity index (χ1n) is 7.76. The van der Waals surface area contributed by atoms with Gasteiger partial charge in [-0.25, -0.2) is 9.18 Å². The molecular weight excluding hydrogens is 373 g/mol. The Morgan fingerprint density at radius 1 is 1.22 bits per heavy atom. The second-order valence-corrected chi connectivity index (χ2v) is 5.66. The molecule has 0 aromatic heterocycles. The van der Waals surface area contributed by atoms with Crippen LogP contribution in [0.15, 0.2) is 41.5 Å². The number of rotatable bonds is 7. The van der Waals surface area contributed by atoms with Crippen LogP contribution in [0, 0.1) is 5.82 Å². The predicted octanol–water partition coefficient (Wildman–Crippen LogP) is 2.54. The summed E-state index contributed by atoms with van der Waals surface area (Å²) in [4.78, 5) is 11.6. The van der Waals surface area contributed by atoms with Crippen molar-refractivity contribution in [2.75, 3.05) is 14.2 Å². The summed E-state index contributed by atoms with van der Waals surface area (Å²) in [6.07, 6.45) is 1.32. The zero-order valence-corrected chi connectivity index (χ0v) is 15.5. The molecule has 0 aliphatic rings. The zero-order chi connectivity index (χ0) is 19.8. The van der Waals surface area contributed by atoms with Crippen molar-refractivity contribution in [2.24, 2.45) is 5.10 Å². The molecule has 7 nitrogen and oxygen atoms in total. The normalized spacial score (nSPS) is 10.5. The molecule has 0 atom stereocenters. The number of benzene rings is 2. The Bertz CT molecular complexity index is 856. The van der Waals surface area contributed by atoms with Gasteiger partial charge in [-0.05, 0) is 42.0 Å². The van der Waals surface area contributed by atoms with Crippen LogP contribution in [0.4, 0.5) is 4.39 Å². The van der Waals surface area contributed by atoms with E-state index in [-0.39, 0.29) is 22.2 Å². The van der Waals surface area contributed by atoms with Gasteiger partial charge in [0, 0.05) is 12.1 Å². The van der Waals surface area contributed by atoms with Crippen LogP contribution in [-0.4, -0.2) is 36.6 Å². The fourth-order valence-corrected chi connectivity index (χ4v) is 2.38. The SMILES string of the molecule is COc1ccc(/C=N\NC(=S)NCc2ccc(F)cc2)c(C(=O)O)c1OC. The zero-order valence-electron chi connectivity index (χ0n) is 14.7. The Balaban J connectivity index is 2.03. The number of carboxylic acid groups (broad SMARTS) is 1. The lowest BCUT2D eigenvalue weighted by Crippen LogP contribution is -2.31. The molecule has 0 spiro atoms.